The fraction of sp³-hybridized carbons (Fsp3) is 1.00. The zero-order valence-electron chi connectivity index (χ0n) is 16.5. The molecule has 0 aromatic heterocycles. The van der Waals surface area contributed by atoms with Crippen LogP contribution in [0, 0.1) is 129 Å². The van der Waals surface area contributed by atoms with Crippen LogP contribution in [-0.2, 0) is 0 Å². The van der Waals surface area contributed by atoms with Crippen LogP contribution in [0.15, 0.2) is 0 Å². The first-order chi connectivity index (χ1) is 13.8. The van der Waals surface area contributed by atoms with Crippen LogP contribution in [0.2, 0.25) is 0 Å². The van der Waals surface area contributed by atoms with E-state index in [9.17, 15) is 0 Å². The molecule has 0 heterocycles. The summed E-state index contributed by atoms with van der Waals surface area (Å²) in [7, 11) is 0. The fourth-order valence-electron chi connectivity index (χ4n) is 16.9. The fourth-order valence-corrected chi connectivity index (χ4v) is 16.9. The molecule has 0 bridgehead atoms. The van der Waals surface area contributed by atoms with Crippen LogP contribution in [0.1, 0.15) is 25.7 Å². The predicted molar refractivity (Wildman–Crippen MR) is 101 cm³/mol. The maximum absolute atomic E-state index is 7.03. The summed E-state index contributed by atoms with van der Waals surface area (Å²) in [6, 6.07) is 0.612. The summed E-state index contributed by atoms with van der Waals surface area (Å²) in [6.45, 7) is 0. The van der Waals surface area contributed by atoms with E-state index in [1.807, 2.05) is 0 Å². The second-order valence-corrected chi connectivity index (χ2v) is 15.3. The van der Waals surface area contributed by atoms with E-state index in [0.29, 0.717) is 6.04 Å². The summed E-state index contributed by atoms with van der Waals surface area (Å²) in [5.41, 5.74) is 8.86. The molecule has 13 aliphatic carbocycles. The molecule has 0 amide bonds. The Morgan fingerprint density at radius 3 is 1.89 bits per heavy atom. The van der Waals surface area contributed by atoms with Crippen LogP contribution >= 0.6 is 0 Å². The molecule has 23 atom stereocenters. The van der Waals surface area contributed by atoms with E-state index in [4.69, 9.17) is 5.73 Å². The van der Waals surface area contributed by atoms with Crippen LogP contribution in [0.25, 0.3) is 0 Å². The van der Waals surface area contributed by atoms with Crippen LogP contribution in [-0.4, -0.2) is 6.04 Å². The van der Waals surface area contributed by atoms with Gasteiger partial charge in [-0.3, -0.25) is 0 Å². The molecular weight excluding hydrogens is 338 g/mol. The SMILES string of the molecule is NC1CC[C@]23C4C([C@@H]4C2[C@@H]2C3C3C4C[C@H]4[C@@H]32)[C@@]23C4C5[C@@H]6CC6[C@@H]5[C@H]4C2C2C1[C@H]23. The maximum atomic E-state index is 7.03. The Labute approximate surface area is 166 Å². The lowest BCUT2D eigenvalue weighted by Crippen LogP contribution is -2.80. The quantitative estimate of drug-likeness (QED) is 0.696. The Bertz CT molecular complexity index is 1000. The highest BCUT2D eigenvalue weighted by molar-refractivity contribution is 5.50. The second kappa shape index (κ2) is 2.91. The highest BCUT2D eigenvalue weighted by Gasteiger charge is 3.04. The topological polar surface area (TPSA) is 26.0 Å². The molecule has 13 fully saturated rings. The highest BCUT2D eigenvalue weighted by atomic mass is 15.1. The minimum absolute atomic E-state index is 0.612. The van der Waals surface area contributed by atoms with Gasteiger partial charge in [0, 0.05) is 6.04 Å². The van der Waals surface area contributed by atoms with Gasteiger partial charge < -0.3 is 5.73 Å². The van der Waals surface area contributed by atoms with Crippen molar-refractivity contribution >= 4 is 0 Å². The Balaban J connectivity index is 1.00. The molecule has 0 aromatic carbocycles. The smallest absolute Gasteiger partial charge is 0.00732 e. The molecule has 1 heteroatoms. The average molecular weight is 370 g/mol. The third kappa shape index (κ3) is 0.739. The molecule has 0 aromatic rings. The standard InChI is InChI=1S/C27H31N/c28-9-1-2-26-19-12-7-3-5(7)10(12)15(19)20(26)18-24(26)25(18)27-21-13-8-4-6(8)11(13)16(21)23(27)17-14(9)22(17)27/h5-25H,1-4,28H2/t5-,6?,7?,8-,9?,10+,11+,12?,13?,14?,15+,16-,17?,18-,19?,20?,21?,22-,23?,24?,25?,26-,27-/m1/s1. The molecule has 0 aliphatic heterocycles. The van der Waals surface area contributed by atoms with Gasteiger partial charge in [-0.15, -0.1) is 0 Å². The molecule has 2 spiro atoms. The number of rotatable bonds is 0. The Kier molecular flexibility index (Phi) is 1.32. The molecule has 28 heavy (non-hydrogen) atoms. The van der Waals surface area contributed by atoms with Gasteiger partial charge in [0.15, 0.2) is 0 Å². The zero-order valence-corrected chi connectivity index (χ0v) is 16.5. The average Bonchev–Trinajstić information content (AvgIpc) is 3.49. The molecule has 144 valence electrons. The summed E-state index contributed by atoms with van der Waals surface area (Å²) >= 11 is 0. The lowest BCUT2D eigenvalue weighted by Gasteiger charge is -2.83. The molecular formula is C27H31N. The van der Waals surface area contributed by atoms with E-state index >= 15 is 0 Å². The van der Waals surface area contributed by atoms with Crippen molar-refractivity contribution < 1.29 is 0 Å². The molecule has 2 N–H and O–H groups in total. The number of hydrogen-bond acceptors (Lipinski definition) is 1. The third-order valence-electron chi connectivity index (χ3n) is 16.6. The molecule has 13 unspecified atom stereocenters. The van der Waals surface area contributed by atoms with Crippen molar-refractivity contribution in [3.8, 4) is 0 Å². The largest absolute Gasteiger partial charge is 0.327 e. The number of fused-ring (bicyclic) bond motifs is 20. The van der Waals surface area contributed by atoms with Crippen LogP contribution in [0.4, 0.5) is 0 Å². The lowest BCUT2D eigenvalue weighted by molar-refractivity contribution is -0.366. The van der Waals surface area contributed by atoms with Gasteiger partial charge in [0.05, 0.1) is 0 Å². The normalized spacial score (nSPS) is 98.2. The predicted octanol–water partition coefficient (Wildman–Crippen LogP) is 3.35. The summed E-state index contributed by atoms with van der Waals surface area (Å²) in [5, 5.41) is 0. The summed E-state index contributed by atoms with van der Waals surface area (Å²) in [6.07, 6.45) is 6.37. The first kappa shape index (κ1) is 12.7. The van der Waals surface area contributed by atoms with Gasteiger partial charge in [0.1, 0.15) is 0 Å². The van der Waals surface area contributed by atoms with E-state index in [1.165, 1.54) is 113 Å². The first-order valence-corrected chi connectivity index (χ1v) is 13.6. The van der Waals surface area contributed by atoms with Crippen molar-refractivity contribution in [2.75, 3.05) is 0 Å². The third-order valence-corrected chi connectivity index (χ3v) is 16.6. The molecule has 0 radical (unpaired) electrons. The Hall–Kier alpha value is -0.0400. The Morgan fingerprint density at radius 2 is 1.07 bits per heavy atom. The van der Waals surface area contributed by atoms with Crippen molar-refractivity contribution in [3.63, 3.8) is 0 Å². The second-order valence-electron chi connectivity index (χ2n) is 15.3. The van der Waals surface area contributed by atoms with Crippen molar-refractivity contribution in [2.45, 2.75) is 31.7 Å². The van der Waals surface area contributed by atoms with E-state index in [-0.39, 0.29) is 0 Å². The highest BCUT2D eigenvalue weighted by Crippen LogP contribution is 3.06. The van der Waals surface area contributed by atoms with E-state index in [2.05, 4.69) is 0 Å². The molecule has 0 saturated heterocycles. The van der Waals surface area contributed by atoms with Gasteiger partial charge in [-0.2, -0.15) is 0 Å². The maximum Gasteiger partial charge on any atom is 0.00732 e. The number of hydrogen-bond donors (Lipinski definition) is 1. The van der Waals surface area contributed by atoms with E-state index in [1.54, 1.807) is 19.3 Å². The molecule has 13 aliphatic rings. The van der Waals surface area contributed by atoms with Gasteiger partial charge in [-0.1, -0.05) is 0 Å². The monoisotopic (exact) mass is 369 g/mol. The van der Waals surface area contributed by atoms with Crippen molar-refractivity contribution in [3.05, 3.63) is 0 Å². The van der Waals surface area contributed by atoms with Gasteiger partial charge in [-0.25, -0.2) is 0 Å². The molecule has 13 saturated carbocycles. The van der Waals surface area contributed by atoms with E-state index in [0.717, 1.165) is 22.7 Å². The lowest BCUT2D eigenvalue weighted by atomic mass is 9.21. The van der Waals surface area contributed by atoms with Gasteiger partial charge >= 0.3 is 0 Å². The summed E-state index contributed by atoms with van der Waals surface area (Å²) in [5.74, 6) is 24.7. The van der Waals surface area contributed by atoms with Crippen molar-refractivity contribution in [1.82, 2.24) is 0 Å². The van der Waals surface area contributed by atoms with Gasteiger partial charge in [0.2, 0.25) is 0 Å². The van der Waals surface area contributed by atoms with Crippen LogP contribution in [0.5, 0.6) is 0 Å². The first-order valence-electron chi connectivity index (χ1n) is 13.6. The minimum atomic E-state index is 0.612. The Morgan fingerprint density at radius 1 is 0.500 bits per heavy atom. The van der Waals surface area contributed by atoms with Crippen LogP contribution < -0.4 is 5.73 Å². The van der Waals surface area contributed by atoms with Gasteiger partial charge in [-0.05, 0) is 155 Å². The molecule has 13 rings (SSSR count). The van der Waals surface area contributed by atoms with E-state index < -0.39 is 0 Å². The summed E-state index contributed by atoms with van der Waals surface area (Å²) in [4.78, 5) is 0. The van der Waals surface area contributed by atoms with Crippen molar-refractivity contribution in [2.24, 2.45) is 135 Å². The molecule has 1 nitrogen and oxygen atoms in total. The van der Waals surface area contributed by atoms with Crippen LogP contribution in [0.3, 0.4) is 0 Å². The van der Waals surface area contributed by atoms with Crippen molar-refractivity contribution in [1.29, 1.82) is 0 Å². The zero-order chi connectivity index (χ0) is 17.0. The minimum Gasteiger partial charge on any atom is -0.327 e. The summed E-state index contributed by atoms with van der Waals surface area (Å²) < 4.78 is 0. The van der Waals surface area contributed by atoms with Gasteiger partial charge in [0.25, 0.3) is 0 Å². The number of nitrogens with two attached hydrogens (primary N) is 1.